The largest absolute Gasteiger partial charge is 0.334 e. The molecule has 0 aromatic carbocycles. The van der Waals surface area contributed by atoms with E-state index in [1.807, 2.05) is 0 Å². The number of piperidine rings is 1. The summed E-state index contributed by atoms with van der Waals surface area (Å²) in [7, 11) is 0. The number of amides is 1. The molecule has 0 bridgehead atoms. The topological polar surface area (TPSA) is 20.3 Å². The van der Waals surface area contributed by atoms with Crippen LogP contribution in [0.5, 0.6) is 0 Å². The van der Waals surface area contributed by atoms with Gasteiger partial charge in [-0.1, -0.05) is 12.6 Å². The van der Waals surface area contributed by atoms with E-state index in [0.717, 1.165) is 0 Å². The summed E-state index contributed by atoms with van der Waals surface area (Å²) < 4.78 is 24.3. The molecule has 0 saturated carbocycles. The summed E-state index contributed by atoms with van der Waals surface area (Å²) in [4.78, 5) is 12.2. The first kappa shape index (κ1) is 9.77. The van der Waals surface area contributed by atoms with Crippen LogP contribution in [0, 0.1) is 5.92 Å². The zero-order valence-corrected chi connectivity index (χ0v) is 7.44. The van der Waals surface area contributed by atoms with E-state index in [-0.39, 0.29) is 5.24 Å². The zero-order valence-electron chi connectivity index (χ0n) is 6.54. The number of hydrogen-bond acceptors (Lipinski definition) is 1. The van der Waals surface area contributed by atoms with E-state index in [1.54, 1.807) is 0 Å². The Morgan fingerprint density at radius 2 is 1.92 bits per heavy atom. The van der Waals surface area contributed by atoms with E-state index in [0.29, 0.717) is 25.9 Å². The minimum atomic E-state index is -2.25. The molecule has 1 amide bonds. The Kier molecular flexibility index (Phi) is 3.31. The monoisotopic (exact) mass is 195 g/mol. The third kappa shape index (κ3) is 2.33. The summed E-state index contributed by atoms with van der Waals surface area (Å²) in [6, 6.07) is 0. The van der Waals surface area contributed by atoms with Crippen molar-refractivity contribution < 1.29 is 13.6 Å². The molecule has 1 heterocycles. The van der Waals surface area contributed by atoms with Crippen LogP contribution >= 0.6 is 12.6 Å². The third-order valence-corrected chi connectivity index (χ3v) is 2.45. The fraction of sp³-hybridized carbons (Fsp3) is 0.857. The Morgan fingerprint density at radius 3 is 2.25 bits per heavy atom. The van der Waals surface area contributed by atoms with Crippen LogP contribution in [-0.4, -0.2) is 29.7 Å². The van der Waals surface area contributed by atoms with Gasteiger partial charge in [0.25, 0.3) is 5.24 Å². The summed E-state index contributed by atoms with van der Waals surface area (Å²) >= 11 is 3.62. The molecule has 0 unspecified atom stereocenters. The van der Waals surface area contributed by atoms with Crippen molar-refractivity contribution >= 4 is 17.9 Å². The number of likely N-dealkylation sites (tertiary alicyclic amines) is 1. The van der Waals surface area contributed by atoms with Crippen LogP contribution in [0.1, 0.15) is 12.8 Å². The number of carbonyl (C=O) groups is 1. The van der Waals surface area contributed by atoms with Gasteiger partial charge in [-0.15, -0.1) is 0 Å². The molecule has 0 radical (unpaired) electrons. The maximum absolute atomic E-state index is 12.1. The van der Waals surface area contributed by atoms with Gasteiger partial charge in [-0.05, 0) is 12.8 Å². The maximum Gasteiger partial charge on any atom is 0.278 e. The molecule has 0 aromatic rings. The van der Waals surface area contributed by atoms with Crippen LogP contribution in [-0.2, 0) is 0 Å². The van der Waals surface area contributed by atoms with Crippen LogP contribution in [0.2, 0.25) is 0 Å². The second kappa shape index (κ2) is 4.07. The molecular formula is C7H11F2NOS. The van der Waals surface area contributed by atoms with Gasteiger partial charge in [0.1, 0.15) is 0 Å². The average Bonchev–Trinajstić information content (AvgIpc) is 2.04. The summed E-state index contributed by atoms with van der Waals surface area (Å²) in [6.45, 7) is 0.828. The second-order valence-electron chi connectivity index (χ2n) is 2.94. The molecule has 0 atom stereocenters. The van der Waals surface area contributed by atoms with Gasteiger partial charge in [0.15, 0.2) is 0 Å². The lowest BCUT2D eigenvalue weighted by Crippen LogP contribution is -2.37. The van der Waals surface area contributed by atoms with Gasteiger partial charge < -0.3 is 4.90 Å². The van der Waals surface area contributed by atoms with Crippen molar-refractivity contribution in [3.63, 3.8) is 0 Å². The predicted octanol–water partition coefficient (Wildman–Crippen LogP) is 2.01. The predicted molar refractivity (Wildman–Crippen MR) is 44.7 cm³/mol. The first-order valence-corrected chi connectivity index (χ1v) is 4.32. The minimum absolute atomic E-state index is 0.317. The minimum Gasteiger partial charge on any atom is -0.334 e. The lowest BCUT2D eigenvalue weighted by Gasteiger charge is -2.30. The van der Waals surface area contributed by atoms with Crippen molar-refractivity contribution in [2.75, 3.05) is 13.1 Å². The van der Waals surface area contributed by atoms with Crippen molar-refractivity contribution in [2.24, 2.45) is 5.92 Å². The van der Waals surface area contributed by atoms with Gasteiger partial charge in [0, 0.05) is 19.0 Å². The molecule has 5 heteroatoms. The van der Waals surface area contributed by atoms with Crippen LogP contribution in [0.4, 0.5) is 13.6 Å². The highest BCUT2D eigenvalue weighted by molar-refractivity contribution is 7.96. The first-order chi connectivity index (χ1) is 5.61. The molecule has 1 saturated heterocycles. The smallest absolute Gasteiger partial charge is 0.278 e. The van der Waals surface area contributed by atoms with Crippen LogP contribution in [0.25, 0.3) is 0 Å². The van der Waals surface area contributed by atoms with Gasteiger partial charge in [-0.25, -0.2) is 8.78 Å². The molecule has 1 aliphatic heterocycles. The summed E-state index contributed by atoms with van der Waals surface area (Å²) in [5.74, 6) is -0.533. The molecule has 0 N–H and O–H groups in total. The number of carbonyl (C=O) groups excluding carboxylic acids is 1. The number of alkyl halides is 2. The van der Waals surface area contributed by atoms with Crippen LogP contribution < -0.4 is 0 Å². The normalized spacial score (nSPS) is 20.2. The molecule has 70 valence electrons. The molecule has 2 nitrogen and oxygen atoms in total. The van der Waals surface area contributed by atoms with Gasteiger partial charge >= 0.3 is 0 Å². The number of halogens is 2. The summed E-state index contributed by atoms with van der Waals surface area (Å²) in [5.41, 5.74) is 0. The Balaban J connectivity index is 2.34. The van der Waals surface area contributed by atoms with E-state index < -0.39 is 12.3 Å². The molecule has 0 aromatic heterocycles. The lowest BCUT2D eigenvalue weighted by molar-refractivity contribution is 0.0444. The summed E-state index contributed by atoms with van der Waals surface area (Å²) in [6.07, 6.45) is -1.46. The average molecular weight is 195 g/mol. The van der Waals surface area contributed by atoms with Crippen molar-refractivity contribution in [1.29, 1.82) is 0 Å². The van der Waals surface area contributed by atoms with Crippen LogP contribution in [0.15, 0.2) is 0 Å². The van der Waals surface area contributed by atoms with Crippen molar-refractivity contribution in [3.8, 4) is 0 Å². The van der Waals surface area contributed by atoms with Crippen LogP contribution in [0.3, 0.4) is 0 Å². The number of hydrogen-bond donors (Lipinski definition) is 1. The SMILES string of the molecule is O=C(S)N1CCC(C(F)F)CC1. The molecule has 1 fully saturated rings. The van der Waals surface area contributed by atoms with Crippen molar-refractivity contribution in [1.82, 2.24) is 4.90 Å². The van der Waals surface area contributed by atoms with Gasteiger partial charge in [-0.3, -0.25) is 4.79 Å². The lowest BCUT2D eigenvalue weighted by atomic mass is 9.98. The van der Waals surface area contributed by atoms with E-state index >= 15 is 0 Å². The molecule has 12 heavy (non-hydrogen) atoms. The highest BCUT2D eigenvalue weighted by atomic mass is 32.1. The Morgan fingerprint density at radius 1 is 1.42 bits per heavy atom. The van der Waals surface area contributed by atoms with E-state index in [1.165, 1.54) is 4.90 Å². The summed E-state index contributed by atoms with van der Waals surface area (Å²) in [5, 5.41) is -0.317. The third-order valence-electron chi connectivity index (χ3n) is 2.17. The Bertz CT molecular complexity index is 169. The number of nitrogens with zero attached hydrogens (tertiary/aromatic N) is 1. The highest BCUT2D eigenvalue weighted by Crippen LogP contribution is 2.23. The fourth-order valence-electron chi connectivity index (χ4n) is 1.34. The van der Waals surface area contributed by atoms with Crippen molar-refractivity contribution in [3.05, 3.63) is 0 Å². The molecule has 1 rings (SSSR count). The number of thiol groups is 1. The zero-order chi connectivity index (χ0) is 9.14. The Hall–Kier alpha value is -0.320. The van der Waals surface area contributed by atoms with E-state index in [2.05, 4.69) is 12.6 Å². The highest BCUT2D eigenvalue weighted by Gasteiger charge is 2.27. The van der Waals surface area contributed by atoms with Gasteiger partial charge in [-0.2, -0.15) is 0 Å². The molecule has 0 spiro atoms. The Labute approximate surface area is 75.3 Å². The number of rotatable bonds is 1. The fourth-order valence-corrected chi connectivity index (χ4v) is 1.54. The van der Waals surface area contributed by atoms with Crippen molar-refractivity contribution in [2.45, 2.75) is 19.3 Å². The molecule has 0 aliphatic carbocycles. The quantitative estimate of drug-likeness (QED) is 0.635. The van der Waals surface area contributed by atoms with Gasteiger partial charge in [0.2, 0.25) is 6.43 Å². The molecular weight excluding hydrogens is 184 g/mol. The molecule has 1 aliphatic rings. The first-order valence-electron chi connectivity index (χ1n) is 3.87. The standard InChI is InChI=1S/C7H11F2NOS/c8-6(9)5-1-3-10(4-2-5)7(11)12/h5-6H,1-4H2,(H,11,12). The van der Waals surface area contributed by atoms with E-state index in [9.17, 15) is 13.6 Å². The van der Waals surface area contributed by atoms with Gasteiger partial charge in [0.05, 0.1) is 0 Å². The van der Waals surface area contributed by atoms with E-state index in [4.69, 9.17) is 0 Å². The maximum atomic E-state index is 12.1. The second-order valence-corrected chi connectivity index (χ2v) is 3.32.